The zero-order valence-electron chi connectivity index (χ0n) is 14.6. The normalized spacial score (nSPS) is 13.9. The van der Waals surface area contributed by atoms with E-state index >= 15 is 0 Å². The van der Waals surface area contributed by atoms with Crippen LogP contribution in [0.3, 0.4) is 0 Å². The summed E-state index contributed by atoms with van der Waals surface area (Å²) in [6, 6.07) is 8.63. The lowest BCUT2D eigenvalue weighted by Crippen LogP contribution is -2.44. The summed E-state index contributed by atoms with van der Waals surface area (Å²) >= 11 is 5.63. The molecular formula is C19H14ClFN2O5. The van der Waals surface area contributed by atoms with Crippen molar-refractivity contribution >= 4 is 41.0 Å². The van der Waals surface area contributed by atoms with Crippen LogP contribution < -0.4 is 5.32 Å². The molecule has 0 saturated carbocycles. The fraction of sp³-hybridized carbons (Fsp3) is 0.158. The second-order valence-corrected chi connectivity index (χ2v) is 6.42. The number of imide groups is 1. The van der Waals surface area contributed by atoms with Gasteiger partial charge in [-0.25, -0.2) is 9.18 Å². The van der Waals surface area contributed by atoms with Crippen LogP contribution in [0.2, 0.25) is 5.02 Å². The van der Waals surface area contributed by atoms with Crippen LogP contribution in [0.5, 0.6) is 0 Å². The Morgan fingerprint density at radius 1 is 1.14 bits per heavy atom. The lowest BCUT2D eigenvalue weighted by atomic mass is 10.1. The van der Waals surface area contributed by atoms with Gasteiger partial charge in [-0.1, -0.05) is 23.7 Å². The number of fused-ring (bicyclic) bond motifs is 1. The summed E-state index contributed by atoms with van der Waals surface area (Å²) < 4.78 is 18.5. The van der Waals surface area contributed by atoms with E-state index in [2.05, 4.69) is 5.32 Å². The molecule has 1 atom stereocenters. The van der Waals surface area contributed by atoms with E-state index < -0.39 is 42.2 Å². The minimum Gasteiger partial charge on any atom is -0.454 e. The Kier molecular flexibility index (Phi) is 5.41. The highest BCUT2D eigenvalue weighted by Gasteiger charge is 2.41. The zero-order valence-corrected chi connectivity index (χ0v) is 15.3. The zero-order chi connectivity index (χ0) is 20.4. The molecule has 7 nitrogen and oxygen atoms in total. The van der Waals surface area contributed by atoms with Gasteiger partial charge in [0.1, 0.15) is 11.9 Å². The predicted molar refractivity (Wildman–Crippen MR) is 97.4 cm³/mol. The number of benzene rings is 2. The number of hydrogen-bond acceptors (Lipinski definition) is 5. The summed E-state index contributed by atoms with van der Waals surface area (Å²) in [6.45, 7) is 0.606. The first-order valence-corrected chi connectivity index (χ1v) is 8.56. The molecule has 2 aromatic carbocycles. The highest BCUT2D eigenvalue weighted by Crippen LogP contribution is 2.25. The second kappa shape index (κ2) is 7.77. The molecule has 1 aliphatic rings. The van der Waals surface area contributed by atoms with Crippen LogP contribution in [0.15, 0.2) is 42.5 Å². The SMILES string of the molecule is C[C@@H](C(=O)OCC(=O)Nc1ccc(Cl)cc1F)N1C(=O)c2ccccc2C1=O. The van der Waals surface area contributed by atoms with E-state index in [9.17, 15) is 23.6 Å². The Morgan fingerprint density at radius 2 is 1.75 bits per heavy atom. The van der Waals surface area contributed by atoms with Gasteiger partial charge in [-0.05, 0) is 37.3 Å². The number of amides is 3. The summed E-state index contributed by atoms with van der Waals surface area (Å²) in [4.78, 5) is 49.6. The first-order valence-electron chi connectivity index (χ1n) is 8.18. The van der Waals surface area contributed by atoms with Crippen molar-refractivity contribution in [2.75, 3.05) is 11.9 Å². The molecular weight excluding hydrogens is 391 g/mol. The summed E-state index contributed by atoms with van der Waals surface area (Å²) in [7, 11) is 0. The van der Waals surface area contributed by atoms with E-state index in [1.165, 1.54) is 31.2 Å². The van der Waals surface area contributed by atoms with Crippen molar-refractivity contribution in [3.63, 3.8) is 0 Å². The third kappa shape index (κ3) is 3.72. The van der Waals surface area contributed by atoms with E-state index in [0.717, 1.165) is 11.0 Å². The van der Waals surface area contributed by atoms with Crippen LogP contribution >= 0.6 is 11.6 Å². The van der Waals surface area contributed by atoms with Gasteiger partial charge in [-0.3, -0.25) is 19.3 Å². The van der Waals surface area contributed by atoms with E-state index in [1.54, 1.807) is 12.1 Å². The summed E-state index contributed by atoms with van der Waals surface area (Å²) in [6.07, 6.45) is 0. The summed E-state index contributed by atoms with van der Waals surface area (Å²) in [5.74, 6) is -3.70. The first kappa shape index (κ1) is 19.5. The molecule has 3 rings (SSSR count). The van der Waals surface area contributed by atoms with Crippen LogP contribution in [-0.4, -0.2) is 41.2 Å². The van der Waals surface area contributed by atoms with Crippen molar-refractivity contribution in [3.8, 4) is 0 Å². The van der Waals surface area contributed by atoms with Crippen LogP contribution in [0.4, 0.5) is 10.1 Å². The van der Waals surface area contributed by atoms with Gasteiger partial charge in [0.05, 0.1) is 16.8 Å². The van der Waals surface area contributed by atoms with Gasteiger partial charge < -0.3 is 10.1 Å². The number of anilines is 1. The molecule has 144 valence electrons. The number of carbonyl (C=O) groups excluding carboxylic acids is 4. The highest BCUT2D eigenvalue weighted by molar-refractivity contribution is 6.30. The number of nitrogens with one attached hydrogen (secondary N) is 1. The van der Waals surface area contributed by atoms with E-state index in [1.807, 2.05) is 0 Å². The number of halogens is 2. The van der Waals surface area contributed by atoms with Gasteiger partial charge >= 0.3 is 5.97 Å². The maximum Gasteiger partial charge on any atom is 0.329 e. The molecule has 0 aliphatic carbocycles. The quantitative estimate of drug-likeness (QED) is 0.611. The van der Waals surface area contributed by atoms with Crippen LogP contribution in [0.1, 0.15) is 27.6 Å². The van der Waals surface area contributed by atoms with Crippen molar-refractivity contribution in [1.82, 2.24) is 4.90 Å². The van der Waals surface area contributed by atoms with E-state index in [4.69, 9.17) is 16.3 Å². The lowest BCUT2D eigenvalue weighted by molar-refractivity contribution is -0.150. The molecule has 0 saturated heterocycles. The van der Waals surface area contributed by atoms with Crippen molar-refractivity contribution in [3.05, 3.63) is 64.4 Å². The van der Waals surface area contributed by atoms with Crippen molar-refractivity contribution in [2.45, 2.75) is 13.0 Å². The maximum absolute atomic E-state index is 13.7. The molecule has 9 heteroatoms. The molecule has 28 heavy (non-hydrogen) atoms. The monoisotopic (exact) mass is 404 g/mol. The number of esters is 1. The molecule has 0 bridgehead atoms. The molecule has 1 heterocycles. The average molecular weight is 405 g/mol. The Morgan fingerprint density at radius 3 is 2.32 bits per heavy atom. The fourth-order valence-corrected chi connectivity index (χ4v) is 2.86. The first-order chi connectivity index (χ1) is 13.3. The van der Waals surface area contributed by atoms with Gasteiger partial charge in [-0.15, -0.1) is 0 Å². The van der Waals surface area contributed by atoms with Crippen LogP contribution in [0, 0.1) is 5.82 Å². The Hall–Kier alpha value is -3.26. The van der Waals surface area contributed by atoms with Gasteiger partial charge in [0.25, 0.3) is 17.7 Å². The molecule has 0 aromatic heterocycles. The van der Waals surface area contributed by atoms with Crippen LogP contribution in [-0.2, 0) is 14.3 Å². The van der Waals surface area contributed by atoms with Gasteiger partial charge in [-0.2, -0.15) is 0 Å². The maximum atomic E-state index is 13.7. The number of ether oxygens (including phenoxy) is 1. The van der Waals surface area contributed by atoms with E-state index in [0.29, 0.717) is 0 Å². The molecule has 0 unspecified atom stereocenters. The van der Waals surface area contributed by atoms with Gasteiger partial charge in [0.2, 0.25) is 0 Å². The topological polar surface area (TPSA) is 92.8 Å². The van der Waals surface area contributed by atoms with Crippen molar-refractivity contribution in [2.24, 2.45) is 0 Å². The molecule has 0 spiro atoms. The molecule has 2 aromatic rings. The Bertz CT molecular complexity index is 959. The third-order valence-corrected chi connectivity index (χ3v) is 4.34. The van der Waals surface area contributed by atoms with Crippen molar-refractivity contribution < 1.29 is 28.3 Å². The minimum atomic E-state index is -1.23. The largest absolute Gasteiger partial charge is 0.454 e. The molecule has 0 fully saturated rings. The Labute approximate surface area is 164 Å². The van der Waals surface area contributed by atoms with Gasteiger partial charge in [0.15, 0.2) is 6.61 Å². The van der Waals surface area contributed by atoms with Crippen LogP contribution in [0.25, 0.3) is 0 Å². The number of nitrogens with zero attached hydrogens (tertiary/aromatic N) is 1. The molecule has 0 radical (unpaired) electrons. The third-order valence-electron chi connectivity index (χ3n) is 4.10. The molecule has 1 N–H and O–H groups in total. The smallest absolute Gasteiger partial charge is 0.329 e. The fourth-order valence-electron chi connectivity index (χ4n) is 2.70. The average Bonchev–Trinajstić information content (AvgIpc) is 2.92. The summed E-state index contributed by atoms with van der Waals surface area (Å²) in [5, 5.41) is 2.40. The minimum absolute atomic E-state index is 0.126. The van der Waals surface area contributed by atoms with Crippen molar-refractivity contribution in [1.29, 1.82) is 0 Å². The standard InChI is InChI=1S/C19H14ClFN2O5/c1-10(23-17(25)12-4-2-3-5-13(12)18(23)26)19(27)28-9-16(24)22-15-7-6-11(20)8-14(15)21/h2-8,10H,9H2,1H3,(H,22,24)/t10-/m0/s1. The molecule has 1 aliphatic heterocycles. The molecule has 3 amide bonds. The predicted octanol–water partition coefficient (Wildman–Crippen LogP) is 2.65. The second-order valence-electron chi connectivity index (χ2n) is 5.98. The number of rotatable bonds is 5. The summed E-state index contributed by atoms with van der Waals surface area (Å²) in [5.41, 5.74) is 0.269. The Balaban J connectivity index is 1.60. The lowest BCUT2D eigenvalue weighted by Gasteiger charge is -2.20. The van der Waals surface area contributed by atoms with Gasteiger partial charge in [0, 0.05) is 5.02 Å². The highest BCUT2D eigenvalue weighted by atomic mass is 35.5. The number of hydrogen-bond donors (Lipinski definition) is 1. The number of carbonyl (C=O) groups is 4. The van der Waals surface area contributed by atoms with E-state index in [-0.39, 0.29) is 21.8 Å².